The first-order chi connectivity index (χ1) is 15.0. The SMILES string of the molecule is Cn1c(=NC(=O)CSCC(=O)Nc2nc(-c3ccccc3)cs2)sc2cc(Br)ccc21. The van der Waals surface area contributed by atoms with E-state index in [1.165, 1.54) is 34.4 Å². The van der Waals surface area contributed by atoms with Gasteiger partial charge in [-0.2, -0.15) is 4.99 Å². The Bertz CT molecular complexity index is 1310. The molecule has 2 amide bonds. The number of carbonyl (C=O) groups excluding carboxylic acids is 2. The highest BCUT2D eigenvalue weighted by molar-refractivity contribution is 9.10. The predicted molar refractivity (Wildman–Crippen MR) is 133 cm³/mol. The van der Waals surface area contributed by atoms with Gasteiger partial charge in [0, 0.05) is 22.5 Å². The first-order valence-corrected chi connectivity index (χ1v) is 12.8. The molecule has 4 aromatic rings. The van der Waals surface area contributed by atoms with E-state index in [-0.39, 0.29) is 23.3 Å². The molecule has 0 atom stereocenters. The van der Waals surface area contributed by atoms with Crippen LogP contribution < -0.4 is 10.1 Å². The van der Waals surface area contributed by atoms with Crippen LogP contribution in [0.1, 0.15) is 0 Å². The molecule has 0 saturated heterocycles. The molecule has 4 rings (SSSR count). The van der Waals surface area contributed by atoms with Crippen LogP contribution in [-0.2, 0) is 16.6 Å². The van der Waals surface area contributed by atoms with Gasteiger partial charge in [0.2, 0.25) is 5.91 Å². The lowest BCUT2D eigenvalue weighted by Crippen LogP contribution is -2.17. The van der Waals surface area contributed by atoms with Crippen LogP contribution in [0.25, 0.3) is 21.5 Å². The predicted octanol–water partition coefficient (Wildman–Crippen LogP) is 4.93. The summed E-state index contributed by atoms with van der Waals surface area (Å²) in [6.45, 7) is 0. The molecule has 31 heavy (non-hydrogen) atoms. The fraction of sp³-hybridized carbons (Fsp3) is 0.143. The van der Waals surface area contributed by atoms with Gasteiger partial charge in [0.1, 0.15) is 0 Å². The van der Waals surface area contributed by atoms with E-state index in [0.29, 0.717) is 9.93 Å². The summed E-state index contributed by atoms with van der Waals surface area (Å²) in [4.78, 5) is 33.7. The third kappa shape index (κ3) is 5.51. The number of fused-ring (bicyclic) bond motifs is 1. The smallest absolute Gasteiger partial charge is 0.258 e. The molecule has 0 radical (unpaired) electrons. The summed E-state index contributed by atoms with van der Waals surface area (Å²) in [6, 6.07) is 15.7. The van der Waals surface area contributed by atoms with Crippen molar-refractivity contribution in [1.29, 1.82) is 0 Å². The van der Waals surface area contributed by atoms with Crippen molar-refractivity contribution in [3.8, 4) is 11.3 Å². The van der Waals surface area contributed by atoms with E-state index in [1.54, 1.807) is 0 Å². The summed E-state index contributed by atoms with van der Waals surface area (Å²) >= 11 is 7.53. The zero-order valence-corrected chi connectivity index (χ0v) is 20.4. The maximum atomic E-state index is 12.3. The topological polar surface area (TPSA) is 76.3 Å². The van der Waals surface area contributed by atoms with E-state index in [1.807, 2.05) is 65.5 Å². The van der Waals surface area contributed by atoms with Crippen molar-refractivity contribution in [2.45, 2.75) is 0 Å². The van der Waals surface area contributed by atoms with E-state index in [2.05, 4.69) is 31.2 Å². The second-order valence-corrected chi connectivity index (χ2v) is 10.3. The summed E-state index contributed by atoms with van der Waals surface area (Å²) in [6.07, 6.45) is 0. The van der Waals surface area contributed by atoms with Crippen molar-refractivity contribution in [2.24, 2.45) is 12.0 Å². The highest BCUT2D eigenvalue weighted by Crippen LogP contribution is 2.25. The third-order valence-corrected chi connectivity index (χ3v) is 7.53. The standard InChI is InChI=1S/C21H17BrN4O2S3/c1-26-16-8-7-14(22)9-17(16)31-21(26)25-19(28)12-29-11-18(27)24-20-23-15(10-30-20)13-5-3-2-4-6-13/h2-10H,11-12H2,1H3,(H,23,24,27). The Morgan fingerprint density at radius 2 is 2.00 bits per heavy atom. The molecule has 158 valence electrons. The summed E-state index contributed by atoms with van der Waals surface area (Å²) in [5.41, 5.74) is 2.85. The highest BCUT2D eigenvalue weighted by atomic mass is 79.9. The molecule has 0 spiro atoms. The molecule has 0 aliphatic heterocycles. The van der Waals surface area contributed by atoms with E-state index >= 15 is 0 Å². The number of carbonyl (C=O) groups is 2. The van der Waals surface area contributed by atoms with E-state index < -0.39 is 0 Å². The van der Waals surface area contributed by atoms with Gasteiger partial charge in [-0.05, 0) is 18.2 Å². The Hall–Kier alpha value is -2.27. The number of nitrogens with zero attached hydrogens (tertiary/aromatic N) is 3. The number of anilines is 1. The van der Waals surface area contributed by atoms with Gasteiger partial charge in [0.25, 0.3) is 5.91 Å². The van der Waals surface area contributed by atoms with Crippen LogP contribution >= 0.6 is 50.4 Å². The highest BCUT2D eigenvalue weighted by Gasteiger charge is 2.10. The number of thiazole rings is 2. The zero-order chi connectivity index (χ0) is 21.8. The fourth-order valence-electron chi connectivity index (χ4n) is 2.81. The van der Waals surface area contributed by atoms with Crippen molar-refractivity contribution in [3.05, 3.63) is 63.2 Å². The lowest BCUT2D eigenvalue weighted by Gasteiger charge is -2.00. The molecule has 1 N–H and O–H groups in total. The molecular formula is C21H17BrN4O2S3. The second kappa shape index (κ2) is 9.90. The van der Waals surface area contributed by atoms with Crippen LogP contribution in [0.5, 0.6) is 0 Å². The quantitative estimate of drug-likeness (QED) is 0.382. The van der Waals surface area contributed by atoms with Crippen LogP contribution in [0.15, 0.2) is 63.4 Å². The van der Waals surface area contributed by atoms with Gasteiger partial charge < -0.3 is 9.88 Å². The lowest BCUT2D eigenvalue weighted by molar-refractivity contribution is -0.115. The van der Waals surface area contributed by atoms with Crippen molar-refractivity contribution in [3.63, 3.8) is 0 Å². The van der Waals surface area contributed by atoms with Crippen LogP contribution in [0.3, 0.4) is 0 Å². The minimum absolute atomic E-state index is 0.137. The molecule has 0 bridgehead atoms. The van der Waals surface area contributed by atoms with E-state index in [9.17, 15) is 9.59 Å². The van der Waals surface area contributed by atoms with Crippen molar-refractivity contribution in [1.82, 2.24) is 9.55 Å². The molecule has 0 saturated carbocycles. The first kappa shape index (κ1) is 21.9. The number of amides is 2. The third-order valence-electron chi connectivity index (χ3n) is 4.27. The summed E-state index contributed by atoms with van der Waals surface area (Å²) in [5, 5.41) is 5.24. The maximum absolute atomic E-state index is 12.3. The zero-order valence-electron chi connectivity index (χ0n) is 16.4. The van der Waals surface area contributed by atoms with Gasteiger partial charge >= 0.3 is 0 Å². The Labute approximate surface area is 199 Å². The summed E-state index contributed by atoms with van der Waals surface area (Å²) < 4.78 is 3.93. The van der Waals surface area contributed by atoms with Crippen molar-refractivity contribution < 1.29 is 9.59 Å². The number of benzene rings is 2. The number of nitrogens with one attached hydrogen (secondary N) is 1. The molecule has 0 unspecified atom stereocenters. The van der Waals surface area contributed by atoms with Crippen molar-refractivity contribution in [2.75, 3.05) is 16.8 Å². The molecule has 2 heterocycles. The number of halogens is 1. The number of rotatable bonds is 6. The average molecular weight is 533 g/mol. The number of aromatic nitrogens is 2. The van der Waals surface area contributed by atoms with Gasteiger partial charge in [-0.1, -0.05) is 57.6 Å². The minimum Gasteiger partial charge on any atom is -0.319 e. The molecule has 0 fully saturated rings. The van der Waals surface area contributed by atoms with Crippen LogP contribution in [-0.4, -0.2) is 32.9 Å². The fourth-order valence-corrected chi connectivity index (χ4v) is 5.73. The van der Waals surface area contributed by atoms with Gasteiger partial charge in [0.15, 0.2) is 9.93 Å². The van der Waals surface area contributed by atoms with Crippen LogP contribution in [0, 0.1) is 0 Å². The van der Waals surface area contributed by atoms with Gasteiger partial charge in [-0.25, -0.2) is 4.98 Å². The summed E-state index contributed by atoms with van der Waals surface area (Å²) in [5.74, 6) is -0.158. The Balaban J connectivity index is 1.31. The number of hydrogen-bond acceptors (Lipinski definition) is 6. The minimum atomic E-state index is -0.264. The average Bonchev–Trinajstić information content (AvgIpc) is 3.33. The van der Waals surface area contributed by atoms with E-state index in [4.69, 9.17) is 0 Å². The van der Waals surface area contributed by atoms with Gasteiger partial charge in [0.05, 0.1) is 27.4 Å². The first-order valence-electron chi connectivity index (χ1n) is 9.21. The van der Waals surface area contributed by atoms with Crippen LogP contribution in [0.2, 0.25) is 0 Å². The van der Waals surface area contributed by atoms with Crippen LogP contribution in [0.4, 0.5) is 5.13 Å². The molecular weight excluding hydrogens is 516 g/mol. The Morgan fingerprint density at radius 1 is 1.19 bits per heavy atom. The molecule has 10 heteroatoms. The monoisotopic (exact) mass is 532 g/mol. The van der Waals surface area contributed by atoms with Crippen molar-refractivity contribution >= 4 is 77.5 Å². The normalized spacial score (nSPS) is 11.7. The molecule has 0 aliphatic rings. The Morgan fingerprint density at radius 3 is 2.81 bits per heavy atom. The largest absolute Gasteiger partial charge is 0.319 e. The second-order valence-electron chi connectivity index (χ2n) is 6.51. The molecule has 2 aromatic heterocycles. The number of hydrogen-bond donors (Lipinski definition) is 1. The lowest BCUT2D eigenvalue weighted by atomic mass is 10.2. The van der Waals surface area contributed by atoms with Gasteiger partial charge in [-0.3, -0.25) is 9.59 Å². The van der Waals surface area contributed by atoms with Gasteiger partial charge in [-0.15, -0.1) is 23.1 Å². The maximum Gasteiger partial charge on any atom is 0.258 e. The number of thioether (sulfide) groups is 1. The molecule has 2 aromatic carbocycles. The van der Waals surface area contributed by atoms with E-state index in [0.717, 1.165) is 25.9 Å². The number of aryl methyl sites for hydroxylation is 1. The Kier molecular flexibility index (Phi) is 7.01. The molecule has 6 nitrogen and oxygen atoms in total. The summed E-state index contributed by atoms with van der Waals surface area (Å²) in [7, 11) is 1.89. The molecule has 0 aliphatic carbocycles.